The number of hydrogen-bond donors (Lipinski definition) is 1. The Morgan fingerprint density at radius 1 is 0.875 bits per heavy atom. The van der Waals surface area contributed by atoms with Crippen LogP contribution in [0.2, 0.25) is 0 Å². The maximum Gasteiger partial charge on any atom is 2.00 e. The summed E-state index contributed by atoms with van der Waals surface area (Å²) < 4.78 is 5.47. The van der Waals surface area contributed by atoms with Gasteiger partial charge in [0, 0.05) is 24.6 Å². The third-order valence-corrected chi connectivity index (χ3v) is 3.81. The van der Waals surface area contributed by atoms with Gasteiger partial charge in [-0.3, -0.25) is 4.79 Å². The zero-order valence-corrected chi connectivity index (χ0v) is 16.7. The fourth-order valence-corrected chi connectivity index (χ4v) is 1.85. The predicted octanol–water partition coefficient (Wildman–Crippen LogP) is 3.12. The average Bonchev–Trinajstić information content (AvgIpc) is 2.36. The summed E-state index contributed by atoms with van der Waals surface area (Å²) in [6.07, 6.45) is 4.54. The van der Waals surface area contributed by atoms with Gasteiger partial charge in [0.2, 0.25) is 0 Å². The van der Waals surface area contributed by atoms with Gasteiger partial charge in [-0.1, -0.05) is 41.5 Å². The number of hydrogen-bond acceptors (Lipinski definition) is 4. The summed E-state index contributed by atoms with van der Waals surface area (Å²) in [5, 5.41) is 19.8. The van der Waals surface area contributed by atoms with Crippen molar-refractivity contribution in [2.24, 2.45) is 10.8 Å². The van der Waals surface area contributed by atoms with Gasteiger partial charge in [0.15, 0.2) is 0 Å². The van der Waals surface area contributed by atoms with E-state index in [1.807, 2.05) is 0 Å². The topological polar surface area (TPSA) is 86.7 Å². The van der Waals surface area contributed by atoms with Crippen LogP contribution in [0.25, 0.3) is 0 Å². The molecule has 0 saturated heterocycles. The van der Waals surface area contributed by atoms with E-state index >= 15 is 0 Å². The maximum absolute atomic E-state index is 10.9. The summed E-state index contributed by atoms with van der Waals surface area (Å²) in [4.78, 5) is 21.7. The second-order valence-corrected chi connectivity index (χ2v) is 6.89. The van der Waals surface area contributed by atoms with Crippen molar-refractivity contribution in [3.63, 3.8) is 0 Å². The molecule has 0 aliphatic rings. The van der Waals surface area contributed by atoms with Crippen molar-refractivity contribution in [2.45, 2.75) is 81.1 Å². The van der Waals surface area contributed by atoms with Crippen molar-refractivity contribution >= 4 is 49.7 Å². The molecule has 0 aromatic heterocycles. The molecular weight excluding hydrogens is 336 g/mol. The van der Waals surface area contributed by atoms with Crippen molar-refractivity contribution in [2.75, 3.05) is 13.2 Å². The van der Waals surface area contributed by atoms with Crippen molar-refractivity contribution in [1.29, 1.82) is 0 Å². The van der Waals surface area contributed by atoms with Crippen LogP contribution < -0.4 is 5.11 Å². The van der Waals surface area contributed by atoms with Crippen LogP contribution in [0, 0.1) is 10.8 Å². The van der Waals surface area contributed by atoms with Gasteiger partial charge in [0.05, 0.1) is 5.41 Å². The molecule has 0 aliphatic heterocycles. The summed E-state index contributed by atoms with van der Waals surface area (Å²) in [6.45, 7) is 8.05. The van der Waals surface area contributed by atoms with Crippen LogP contribution in [0.5, 0.6) is 0 Å². The SMILES string of the molecule is C.C.CC(C)(CCCCOCCCCC(C)(C)C(=O)O)C(=O)[O-].[Ca+2]. The minimum atomic E-state index is -1.01. The molecule has 0 aromatic rings. The van der Waals surface area contributed by atoms with Gasteiger partial charge in [-0.15, -0.1) is 0 Å². The first kappa shape index (κ1) is 31.9. The molecular formula is C18H37CaO5+. The van der Waals surface area contributed by atoms with Crippen LogP contribution in [0.1, 0.15) is 81.1 Å². The van der Waals surface area contributed by atoms with E-state index in [9.17, 15) is 14.7 Å². The first-order valence-electron chi connectivity index (χ1n) is 7.62. The summed E-state index contributed by atoms with van der Waals surface area (Å²) >= 11 is 0. The van der Waals surface area contributed by atoms with Crippen LogP contribution in [0.15, 0.2) is 0 Å². The van der Waals surface area contributed by atoms with E-state index in [1.54, 1.807) is 27.7 Å². The number of carbonyl (C=O) groups is 2. The average molecular weight is 374 g/mol. The molecule has 0 fully saturated rings. The van der Waals surface area contributed by atoms with Gasteiger partial charge >= 0.3 is 43.7 Å². The fraction of sp³-hybridized carbons (Fsp3) is 0.889. The van der Waals surface area contributed by atoms with E-state index in [-0.39, 0.29) is 52.6 Å². The smallest absolute Gasteiger partial charge is 0.550 e. The Hall–Kier alpha value is 0.160. The minimum absolute atomic E-state index is 0. The van der Waals surface area contributed by atoms with E-state index in [0.29, 0.717) is 26.1 Å². The van der Waals surface area contributed by atoms with E-state index in [2.05, 4.69) is 0 Å². The molecule has 0 rings (SSSR count). The summed E-state index contributed by atoms with van der Waals surface area (Å²) in [5.74, 6) is -1.77. The van der Waals surface area contributed by atoms with Gasteiger partial charge in [0.1, 0.15) is 0 Å². The number of carboxylic acid groups (broad SMARTS) is 2. The minimum Gasteiger partial charge on any atom is -0.550 e. The molecule has 0 atom stereocenters. The molecule has 0 heterocycles. The predicted molar refractivity (Wildman–Crippen MR) is 97.9 cm³/mol. The van der Waals surface area contributed by atoms with Crippen molar-refractivity contribution < 1.29 is 24.5 Å². The third-order valence-electron chi connectivity index (χ3n) is 3.81. The summed E-state index contributed by atoms with van der Waals surface area (Å²) in [6, 6.07) is 0. The molecule has 0 unspecified atom stereocenters. The molecule has 5 nitrogen and oxygen atoms in total. The van der Waals surface area contributed by atoms with E-state index in [1.165, 1.54) is 0 Å². The van der Waals surface area contributed by atoms with Crippen LogP contribution in [-0.4, -0.2) is 68.0 Å². The van der Waals surface area contributed by atoms with Crippen LogP contribution in [0.4, 0.5) is 0 Å². The Morgan fingerprint density at radius 3 is 1.58 bits per heavy atom. The Kier molecular flexibility index (Phi) is 20.5. The molecule has 0 aliphatic carbocycles. The molecule has 0 aromatic carbocycles. The van der Waals surface area contributed by atoms with Gasteiger partial charge in [-0.05, 0) is 39.5 Å². The zero-order chi connectivity index (χ0) is 16.5. The van der Waals surface area contributed by atoms with Gasteiger partial charge in [-0.25, -0.2) is 0 Å². The number of ether oxygens (including phenoxy) is 1. The van der Waals surface area contributed by atoms with Crippen molar-refractivity contribution in [1.82, 2.24) is 0 Å². The second kappa shape index (κ2) is 15.4. The number of unbranched alkanes of at least 4 members (excludes halogenated alkanes) is 2. The number of aliphatic carboxylic acids is 2. The standard InChI is InChI=1S/C16H30O5.2CH4.Ca/c1-15(2,13(17)18)9-5-7-11-21-12-8-6-10-16(3,4)14(19)20;;;/h5-12H2,1-4H3,(H,17,18)(H,19,20);2*1H4;/q;;;+2/p-1. The maximum atomic E-state index is 10.9. The van der Waals surface area contributed by atoms with Crippen molar-refractivity contribution in [3.8, 4) is 0 Å². The molecule has 0 radical (unpaired) electrons. The number of rotatable bonds is 12. The van der Waals surface area contributed by atoms with E-state index < -0.39 is 22.8 Å². The fourth-order valence-electron chi connectivity index (χ4n) is 1.85. The summed E-state index contributed by atoms with van der Waals surface area (Å²) in [5.41, 5.74) is -1.45. The molecule has 0 bridgehead atoms. The first-order valence-corrected chi connectivity index (χ1v) is 7.62. The van der Waals surface area contributed by atoms with E-state index in [0.717, 1.165) is 25.7 Å². The third kappa shape index (κ3) is 14.5. The van der Waals surface area contributed by atoms with E-state index in [4.69, 9.17) is 9.84 Å². The second-order valence-electron chi connectivity index (χ2n) is 6.89. The molecule has 24 heavy (non-hydrogen) atoms. The van der Waals surface area contributed by atoms with Gasteiger partial charge in [0.25, 0.3) is 0 Å². The van der Waals surface area contributed by atoms with Crippen LogP contribution in [0.3, 0.4) is 0 Å². The normalized spacial score (nSPS) is 10.8. The van der Waals surface area contributed by atoms with Gasteiger partial charge < -0.3 is 19.7 Å². The van der Waals surface area contributed by atoms with Gasteiger partial charge in [-0.2, -0.15) is 0 Å². The largest absolute Gasteiger partial charge is 2.00 e. The van der Waals surface area contributed by atoms with Crippen LogP contribution >= 0.6 is 0 Å². The quantitative estimate of drug-likeness (QED) is 0.419. The Labute approximate surface area is 178 Å². The molecule has 6 heteroatoms. The Balaban J connectivity index is -0.000000667. The number of carbonyl (C=O) groups excluding carboxylic acids is 1. The Bertz CT molecular complexity index is 308. The number of carboxylic acids is 2. The monoisotopic (exact) mass is 373 g/mol. The molecule has 0 amide bonds. The van der Waals surface area contributed by atoms with Crippen LogP contribution in [-0.2, 0) is 14.3 Å². The molecule has 0 saturated carbocycles. The Morgan fingerprint density at radius 2 is 1.25 bits per heavy atom. The molecule has 0 spiro atoms. The molecule has 1 N–H and O–H groups in total. The molecule has 140 valence electrons. The first-order chi connectivity index (χ1) is 9.59. The zero-order valence-electron chi connectivity index (χ0n) is 14.4. The summed E-state index contributed by atoms with van der Waals surface area (Å²) in [7, 11) is 0. The van der Waals surface area contributed by atoms with Crippen molar-refractivity contribution in [3.05, 3.63) is 0 Å².